The van der Waals surface area contributed by atoms with Crippen LogP contribution in [0.1, 0.15) is 65.2 Å². The van der Waals surface area contributed by atoms with E-state index in [1.807, 2.05) is 0 Å². The second kappa shape index (κ2) is 20.4. The zero-order valence-corrected chi connectivity index (χ0v) is 15.6. The SMILES string of the molecule is CCOC(=O)CCCCC(=O)[O-].CCOC(=O)CCCCC(=O)[O-].[Cu+2]. The number of unbranched alkanes of at least 4 members (excludes halogenated alkanes) is 2. The Kier molecular flexibility index (Phi) is 23.1. The Morgan fingerprint density at radius 3 is 1.16 bits per heavy atom. The van der Waals surface area contributed by atoms with Crippen molar-refractivity contribution in [3.05, 3.63) is 0 Å². The number of hydrogen-bond donors (Lipinski definition) is 0. The molecule has 0 saturated carbocycles. The number of hydrogen-bond acceptors (Lipinski definition) is 8. The number of carbonyl (C=O) groups is 4. The van der Waals surface area contributed by atoms with Gasteiger partial charge in [0.25, 0.3) is 0 Å². The average Bonchev–Trinajstić information content (AvgIpc) is 2.49. The van der Waals surface area contributed by atoms with Crippen LogP contribution in [0.4, 0.5) is 0 Å². The quantitative estimate of drug-likeness (QED) is 0.244. The van der Waals surface area contributed by atoms with Crippen LogP contribution in [0, 0.1) is 0 Å². The van der Waals surface area contributed by atoms with Gasteiger partial charge in [0.2, 0.25) is 0 Å². The van der Waals surface area contributed by atoms with E-state index in [0.717, 1.165) is 0 Å². The topological polar surface area (TPSA) is 133 Å². The van der Waals surface area contributed by atoms with Crippen molar-refractivity contribution in [1.29, 1.82) is 0 Å². The van der Waals surface area contributed by atoms with E-state index in [0.29, 0.717) is 51.7 Å². The first-order valence-corrected chi connectivity index (χ1v) is 8.04. The van der Waals surface area contributed by atoms with Crippen molar-refractivity contribution in [2.24, 2.45) is 0 Å². The van der Waals surface area contributed by atoms with Crippen LogP contribution in [0.25, 0.3) is 0 Å². The predicted octanol–water partition coefficient (Wildman–Crippen LogP) is -0.283. The van der Waals surface area contributed by atoms with Crippen molar-refractivity contribution in [2.75, 3.05) is 13.2 Å². The van der Waals surface area contributed by atoms with Crippen LogP contribution >= 0.6 is 0 Å². The minimum atomic E-state index is -1.07. The normalized spacial score (nSPS) is 9.04. The molecule has 8 nitrogen and oxygen atoms in total. The first kappa shape index (κ1) is 28.2. The molecule has 25 heavy (non-hydrogen) atoms. The maximum Gasteiger partial charge on any atom is 2.00 e. The van der Waals surface area contributed by atoms with Gasteiger partial charge in [0, 0.05) is 24.8 Å². The van der Waals surface area contributed by atoms with Gasteiger partial charge in [0.1, 0.15) is 0 Å². The molecule has 0 bridgehead atoms. The van der Waals surface area contributed by atoms with Gasteiger partial charge in [-0.05, 0) is 52.4 Å². The Morgan fingerprint density at radius 2 is 0.920 bits per heavy atom. The van der Waals surface area contributed by atoms with Crippen molar-refractivity contribution in [3.8, 4) is 0 Å². The zero-order valence-electron chi connectivity index (χ0n) is 14.6. The molecular weight excluding hydrogens is 384 g/mol. The Morgan fingerprint density at radius 1 is 0.640 bits per heavy atom. The molecule has 0 unspecified atom stereocenters. The molecule has 0 spiro atoms. The van der Waals surface area contributed by atoms with E-state index in [9.17, 15) is 29.4 Å². The minimum absolute atomic E-state index is 0. The van der Waals surface area contributed by atoms with E-state index in [-0.39, 0.29) is 41.8 Å². The Hall–Kier alpha value is -1.60. The van der Waals surface area contributed by atoms with Gasteiger partial charge >= 0.3 is 29.0 Å². The smallest absolute Gasteiger partial charge is 0.550 e. The Bertz CT molecular complexity index is 348. The molecule has 0 atom stereocenters. The summed E-state index contributed by atoms with van der Waals surface area (Å²) in [6.45, 7) is 4.22. The van der Waals surface area contributed by atoms with Gasteiger partial charge < -0.3 is 29.3 Å². The maximum absolute atomic E-state index is 10.7. The van der Waals surface area contributed by atoms with Gasteiger partial charge in [0.15, 0.2) is 0 Å². The largest absolute Gasteiger partial charge is 2.00 e. The van der Waals surface area contributed by atoms with E-state index < -0.39 is 11.9 Å². The van der Waals surface area contributed by atoms with Gasteiger partial charge in [-0.25, -0.2) is 0 Å². The number of esters is 2. The molecule has 0 saturated heterocycles. The maximum atomic E-state index is 10.7. The molecule has 0 aromatic heterocycles. The van der Waals surface area contributed by atoms with E-state index in [2.05, 4.69) is 9.47 Å². The molecule has 0 N–H and O–H groups in total. The molecule has 9 heteroatoms. The minimum Gasteiger partial charge on any atom is -0.550 e. The number of carbonyl (C=O) groups excluding carboxylic acids is 4. The molecule has 0 aliphatic carbocycles. The second-order valence-corrected chi connectivity index (χ2v) is 4.77. The summed E-state index contributed by atoms with van der Waals surface area (Å²) in [6.07, 6.45) is 2.66. The average molecular weight is 410 g/mol. The first-order valence-electron chi connectivity index (χ1n) is 8.04. The van der Waals surface area contributed by atoms with E-state index in [4.69, 9.17) is 0 Å². The summed E-state index contributed by atoms with van der Waals surface area (Å²) in [5, 5.41) is 19.9. The Balaban J connectivity index is -0.000000372. The number of rotatable bonds is 12. The second-order valence-electron chi connectivity index (χ2n) is 4.77. The zero-order chi connectivity index (χ0) is 18.8. The van der Waals surface area contributed by atoms with Crippen LogP contribution in [0.2, 0.25) is 0 Å². The van der Waals surface area contributed by atoms with Crippen LogP contribution in [0.3, 0.4) is 0 Å². The van der Waals surface area contributed by atoms with Crippen molar-refractivity contribution in [1.82, 2.24) is 0 Å². The van der Waals surface area contributed by atoms with E-state index in [1.54, 1.807) is 13.8 Å². The van der Waals surface area contributed by atoms with Crippen molar-refractivity contribution in [2.45, 2.75) is 65.2 Å². The van der Waals surface area contributed by atoms with Crippen LogP contribution in [0.15, 0.2) is 0 Å². The Labute approximate surface area is 158 Å². The molecule has 149 valence electrons. The van der Waals surface area contributed by atoms with Gasteiger partial charge in [-0.15, -0.1) is 0 Å². The summed E-state index contributed by atoms with van der Waals surface area (Å²) in [7, 11) is 0. The predicted molar refractivity (Wildman–Crippen MR) is 80.2 cm³/mol. The third-order valence-electron chi connectivity index (χ3n) is 2.63. The van der Waals surface area contributed by atoms with Crippen LogP contribution < -0.4 is 10.2 Å². The molecular formula is C16H26CuO8. The molecule has 0 aliphatic rings. The molecule has 0 fully saturated rings. The van der Waals surface area contributed by atoms with Crippen LogP contribution in [0.5, 0.6) is 0 Å². The summed E-state index contributed by atoms with van der Waals surface area (Å²) in [5.41, 5.74) is 0. The molecule has 0 aromatic carbocycles. The molecule has 0 aliphatic heterocycles. The summed E-state index contributed by atoms with van der Waals surface area (Å²) in [4.78, 5) is 41.3. The van der Waals surface area contributed by atoms with Gasteiger partial charge in [0.05, 0.1) is 13.2 Å². The summed E-state index contributed by atoms with van der Waals surface area (Å²) in [5.74, 6) is -2.68. The number of carboxylic acid groups (broad SMARTS) is 2. The third kappa shape index (κ3) is 27.5. The standard InChI is InChI=1S/2C8H14O4.Cu/c2*1-2-12-8(11)6-4-3-5-7(9)10;/h2*2-6H2,1H3,(H,9,10);/q;;+2/p-2. The molecule has 0 rings (SSSR count). The fourth-order valence-corrected chi connectivity index (χ4v) is 1.54. The summed E-state index contributed by atoms with van der Waals surface area (Å²) >= 11 is 0. The van der Waals surface area contributed by atoms with Crippen molar-refractivity contribution in [3.63, 3.8) is 0 Å². The van der Waals surface area contributed by atoms with Crippen molar-refractivity contribution >= 4 is 23.9 Å². The van der Waals surface area contributed by atoms with Gasteiger partial charge in [-0.1, -0.05) is 0 Å². The fraction of sp³-hybridized carbons (Fsp3) is 0.750. The van der Waals surface area contributed by atoms with Crippen LogP contribution in [-0.2, 0) is 45.7 Å². The van der Waals surface area contributed by atoms with E-state index >= 15 is 0 Å². The molecule has 0 amide bonds. The molecule has 0 aromatic rings. The number of aliphatic carboxylic acids is 2. The van der Waals surface area contributed by atoms with Gasteiger partial charge in [-0.3, -0.25) is 9.59 Å². The molecule has 1 radical (unpaired) electrons. The molecule has 0 heterocycles. The third-order valence-corrected chi connectivity index (χ3v) is 2.63. The van der Waals surface area contributed by atoms with Gasteiger partial charge in [-0.2, -0.15) is 0 Å². The summed E-state index contributed by atoms with van der Waals surface area (Å²) in [6, 6.07) is 0. The fourth-order valence-electron chi connectivity index (χ4n) is 1.54. The summed E-state index contributed by atoms with van der Waals surface area (Å²) < 4.78 is 9.29. The first-order chi connectivity index (χ1) is 11.3. The number of carboxylic acids is 2. The van der Waals surface area contributed by atoms with E-state index in [1.165, 1.54) is 0 Å². The van der Waals surface area contributed by atoms with Crippen LogP contribution in [-0.4, -0.2) is 37.1 Å². The number of ether oxygens (including phenoxy) is 2. The van der Waals surface area contributed by atoms with Crippen molar-refractivity contribution < 1.29 is 55.9 Å². The monoisotopic (exact) mass is 409 g/mol.